The van der Waals surface area contributed by atoms with Crippen LogP contribution in [0.1, 0.15) is 11.4 Å². The van der Waals surface area contributed by atoms with Gasteiger partial charge in [0.2, 0.25) is 0 Å². The minimum atomic E-state index is 0.0935. The van der Waals surface area contributed by atoms with Crippen molar-refractivity contribution in [2.45, 2.75) is 13.8 Å². The van der Waals surface area contributed by atoms with Crippen LogP contribution in [0.5, 0.6) is 28.7 Å². The van der Waals surface area contributed by atoms with Crippen molar-refractivity contribution in [1.82, 2.24) is 9.97 Å². The number of ether oxygens (including phenoxy) is 2. The maximum Gasteiger partial charge on any atom is 0.181 e. The number of aryl methyl sites for hydroxylation is 2. The van der Waals surface area contributed by atoms with Crippen molar-refractivity contribution >= 4 is 21.8 Å². The van der Waals surface area contributed by atoms with Crippen LogP contribution in [0.15, 0.2) is 127 Å². The fraction of sp³-hybridized carbons (Fsp3) is 0.0526. The summed E-state index contributed by atoms with van der Waals surface area (Å²) in [4.78, 5) is 9.58. The lowest BCUT2D eigenvalue weighted by atomic mass is 9.95. The van der Waals surface area contributed by atoms with Crippen LogP contribution < -0.4 is 9.47 Å². The van der Waals surface area contributed by atoms with Crippen LogP contribution in [0.4, 0.5) is 0 Å². The first-order valence-electron chi connectivity index (χ1n) is 14.1. The molecule has 7 aromatic rings. The van der Waals surface area contributed by atoms with E-state index in [9.17, 15) is 5.11 Å². The predicted molar refractivity (Wildman–Crippen MR) is 172 cm³/mol. The molecule has 5 heteroatoms. The number of para-hydroxylation sites is 2. The Hall–Kier alpha value is -5.68. The van der Waals surface area contributed by atoms with Gasteiger partial charge in [0.1, 0.15) is 16.8 Å². The minimum Gasteiger partial charge on any atom is -0.507 e. The lowest BCUT2D eigenvalue weighted by Crippen LogP contribution is -1.98. The van der Waals surface area contributed by atoms with Gasteiger partial charge in [-0.2, -0.15) is 0 Å². The van der Waals surface area contributed by atoms with Gasteiger partial charge in [-0.25, -0.2) is 9.97 Å². The third-order valence-corrected chi connectivity index (χ3v) is 7.44. The summed E-state index contributed by atoms with van der Waals surface area (Å²) in [7, 11) is 0. The lowest BCUT2D eigenvalue weighted by Gasteiger charge is -2.21. The van der Waals surface area contributed by atoms with Crippen LogP contribution in [-0.4, -0.2) is 15.1 Å². The monoisotopic (exact) mass is 560 g/mol. The first kappa shape index (κ1) is 26.2. The van der Waals surface area contributed by atoms with E-state index in [2.05, 4.69) is 0 Å². The Morgan fingerprint density at radius 3 is 1.63 bits per heavy atom. The molecule has 0 unspecified atom stereocenters. The van der Waals surface area contributed by atoms with Crippen molar-refractivity contribution in [3.8, 4) is 51.0 Å². The van der Waals surface area contributed by atoms with Gasteiger partial charge in [-0.1, -0.05) is 97.1 Å². The molecular weight excluding hydrogens is 532 g/mol. The van der Waals surface area contributed by atoms with E-state index in [-0.39, 0.29) is 5.75 Å². The quantitative estimate of drug-likeness (QED) is 0.219. The fourth-order valence-corrected chi connectivity index (χ4v) is 5.35. The van der Waals surface area contributed by atoms with Crippen LogP contribution in [0, 0.1) is 13.8 Å². The van der Waals surface area contributed by atoms with Crippen molar-refractivity contribution in [2.75, 3.05) is 0 Å². The summed E-state index contributed by atoms with van der Waals surface area (Å²) in [6, 6.07) is 41.1. The van der Waals surface area contributed by atoms with Crippen molar-refractivity contribution in [3.63, 3.8) is 0 Å². The zero-order valence-corrected chi connectivity index (χ0v) is 23.8. The summed E-state index contributed by atoms with van der Waals surface area (Å²) in [5, 5.41) is 13.9. The van der Waals surface area contributed by atoms with Gasteiger partial charge in [0.05, 0.1) is 5.56 Å². The zero-order chi connectivity index (χ0) is 29.3. The van der Waals surface area contributed by atoms with Crippen LogP contribution in [-0.2, 0) is 0 Å². The maximum atomic E-state index is 11.9. The van der Waals surface area contributed by atoms with Gasteiger partial charge in [-0.3, -0.25) is 0 Å². The summed E-state index contributed by atoms with van der Waals surface area (Å²) >= 11 is 0. The second-order valence-corrected chi connectivity index (χ2v) is 10.5. The number of nitrogens with zero attached hydrogens (tertiary/aromatic N) is 2. The number of aromatic nitrogens is 2. The molecule has 0 aliphatic rings. The summed E-state index contributed by atoms with van der Waals surface area (Å²) in [6.07, 6.45) is 0. The number of fused-ring (bicyclic) bond motifs is 2. The highest BCUT2D eigenvalue weighted by molar-refractivity contribution is 5.91. The molecule has 208 valence electrons. The molecule has 0 spiro atoms. The van der Waals surface area contributed by atoms with Crippen molar-refractivity contribution in [1.29, 1.82) is 0 Å². The maximum absolute atomic E-state index is 11.9. The molecule has 0 saturated heterocycles. The van der Waals surface area contributed by atoms with Crippen LogP contribution in [0.3, 0.4) is 0 Å². The minimum absolute atomic E-state index is 0.0935. The molecule has 5 aromatic carbocycles. The average Bonchev–Trinajstić information content (AvgIpc) is 3.03. The van der Waals surface area contributed by atoms with Gasteiger partial charge in [0.25, 0.3) is 0 Å². The summed E-state index contributed by atoms with van der Waals surface area (Å²) < 4.78 is 13.5. The third-order valence-electron chi connectivity index (χ3n) is 7.44. The number of pyridine rings is 2. The Labute approximate surface area is 249 Å². The highest BCUT2D eigenvalue weighted by Crippen LogP contribution is 2.52. The third kappa shape index (κ3) is 5.02. The van der Waals surface area contributed by atoms with Crippen molar-refractivity contribution in [3.05, 3.63) is 139 Å². The average molecular weight is 561 g/mol. The van der Waals surface area contributed by atoms with Crippen LogP contribution in [0.25, 0.3) is 44.1 Å². The molecule has 2 aromatic heterocycles. The smallest absolute Gasteiger partial charge is 0.181 e. The number of benzene rings is 5. The van der Waals surface area contributed by atoms with Gasteiger partial charge in [0, 0.05) is 27.7 Å². The van der Waals surface area contributed by atoms with E-state index in [0.29, 0.717) is 34.1 Å². The normalized spacial score (nSPS) is 11.1. The molecule has 2 heterocycles. The predicted octanol–water partition coefficient (Wildman–Crippen LogP) is 10.0. The van der Waals surface area contributed by atoms with Gasteiger partial charge in [-0.05, 0) is 55.3 Å². The van der Waals surface area contributed by atoms with E-state index in [1.807, 2.05) is 141 Å². The molecule has 0 atom stereocenters. The molecule has 0 bridgehead atoms. The van der Waals surface area contributed by atoms with E-state index in [1.165, 1.54) is 0 Å². The number of hydrogen-bond acceptors (Lipinski definition) is 5. The molecule has 0 fully saturated rings. The molecule has 0 saturated carbocycles. The van der Waals surface area contributed by atoms with E-state index >= 15 is 0 Å². The molecule has 7 rings (SSSR count). The molecule has 43 heavy (non-hydrogen) atoms. The summed E-state index contributed by atoms with van der Waals surface area (Å²) in [5.74, 6) is 2.06. The van der Waals surface area contributed by atoms with E-state index in [4.69, 9.17) is 19.4 Å². The number of phenolic OH excluding ortho intramolecular Hbond substituents is 1. The van der Waals surface area contributed by atoms with E-state index in [1.54, 1.807) is 0 Å². The summed E-state index contributed by atoms with van der Waals surface area (Å²) in [5.41, 5.74) is 6.01. The first-order valence-corrected chi connectivity index (χ1v) is 14.1. The number of rotatable bonds is 6. The molecule has 0 aliphatic carbocycles. The Balaban J connectivity index is 1.52. The largest absolute Gasteiger partial charge is 0.507 e. The van der Waals surface area contributed by atoms with Gasteiger partial charge < -0.3 is 14.6 Å². The fourth-order valence-electron chi connectivity index (χ4n) is 5.35. The number of hydrogen-bond donors (Lipinski definition) is 1. The standard InChI is InChI=1S/C38H28N2O3/c1-24-19-21-28-15-9-17-31(35(28)39-24)42-33-23-30(26-11-5-3-6-12-26)37(41)34(27-13-7-4-8-14-27)38(33)43-32-18-10-16-29-22-20-25(2)40-36(29)32/h3-23,41H,1-2H3. The Bertz CT molecular complexity index is 2110. The van der Waals surface area contributed by atoms with Gasteiger partial charge in [0.15, 0.2) is 23.0 Å². The number of phenols is 1. The molecule has 0 aliphatic heterocycles. The van der Waals surface area contributed by atoms with E-state index in [0.717, 1.165) is 44.3 Å². The topological polar surface area (TPSA) is 64.5 Å². The number of aromatic hydroxyl groups is 1. The Kier molecular flexibility index (Phi) is 6.68. The van der Waals surface area contributed by atoms with Crippen LogP contribution >= 0.6 is 0 Å². The highest BCUT2D eigenvalue weighted by Gasteiger charge is 2.25. The second-order valence-electron chi connectivity index (χ2n) is 10.5. The first-order chi connectivity index (χ1) is 21.0. The van der Waals surface area contributed by atoms with Gasteiger partial charge >= 0.3 is 0 Å². The molecule has 5 nitrogen and oxygen atoms in total. The zero-order valence-electron chi connectivity index (χ0n) is 23.8. The highest BCUT2D eigenvalue weighted by atomic mass is 16.5. The Morgan fingerprint density at radius 1 is 0.512 bits per heavy atom. The Morgan fingerprint density at radius 2 is 1.05 bits per heavy atom. The molecule has 0 radical (unpaired) electrons. The SMILES string of the molecule is Cc1ccc2cccc(Oc3cc(-c4ccccc4)c(O)c(-c4ccccc4)c3Oc3cccc4ccc(C)nc34)c2n1. The summed E-state index contributed by atoms with van der Waals surface area (Å²) in [6.45, 7) is 3.91. The van der Waals surface area contributed by atoms with Gasteiger partial charge in [-0.15, -0.1) is 0 Å². The van der Waals surface area contributed by atoms with Crippen molar-refractivity contribution < 1.29 is 14.6 Å². The van der Waals surface area contributed by atoms with Crippen LogP contribution in [0.2, 0.25) is 0 Å². The lowest BCUT2D eigenvalue weighted by molar-refractivity contribution is 0.417. The van der Waals surface area contributed by atoms with Crippen molar-refractivity contribution in [2.24, 2.45) is 0 Å². The second kappa shape index (κ2) is 11.0. The molecule has 1 N–H and O–H groups in total. The van der Waals surface area contributed by atoms with E-state index < -0.39 is 0 Å². The molecular formula is C38H28N2O3. The molecule has 0 amide bonds.